The molecule has 104 valence electrons. The van der Waals surface area contributed by atoms with Crippen molar-refractivity contribution in [2.75, 3.05) is 6.61 Å². The van der Waals surface area contributed by atoms with E-state index in [-0.39, 0.29) is 5.56 Å². The first kappa shape index (κ1) is 13.7. The quantitative estimate of drug-likeness (QED) is 0.493. The van der Waals surface area contributed by atoms with Crippen molar-refractivity contribution < 1.29 is 20.1 Å². The van der Waals surface area contributed by atoms with Crippen molar-refractivity contribution in [3.05, 3.63) is 39.2 Å². The molecule has 8 heteroatoms. The van der Waals surface area contributed by atoms with Gasteiger partial charge in [0, 0.05) is 6.20 Å². The van der Waals surface area contributed by atoms with Crippen LogP contribution in [0.4, 0.5) is 0 Å². The van der Waals surface area contributed by atoms with E-state index in [1.165, 1.54) is 12.3 Å². The predicted octanol–water partition coefficient (Wildman–Crippen LogP) is -2.21. The summed E-state index contributed by atoms with van der Waals surface area (Å²) in [6, 6.07) is 0. The van der Waals surface area contributed by atoms with Gasteiger partial charge in [-0.3, -0.25) is 14.3 Å². The molecule has 1 saturated heterocycles. The van der Waals surface area contributed by atoms with Gasteiger partial charge in [0.2, 0.25) is 0 Å². The van der Waals surface area contributed by atoms with Crippen LogP contribution in [0.1, 0.15) is 11.8 Å². The van der Waals surface area contributed by atoms with Crippen molar-refractivity contribution in [2.45, 2.75) is 24.5 Å². The number of H-pyrrole nitrogens is 1. The van der Waals surface area contributed by atoms with E-state index in [1.807, 2.05) is 4.98 Å². The zero-order chi connectivity index (χ0) is 14.2. The molecule has 0 saturated carbocycles. The van der Waals surface area contributed by atoms with Gasteiger partial charge in [-0.15, -0.1) is 0 Å². The third kappa shape index (κ3) is 2.26. The van der Waals surface area contributed by atoms with Crippen molar-refractivity contribution in [1.82, 2.24) is 9.55 Å². The van der Waals surface area contributed by atoms with Gasteiger partial charge in [-0.2, -0.15) is 0 Å². The molecule has 0 bridgehead atoms. The number of hydrogen-bond donors (Lipinski definition) is 4. The summed E-state index contributed by atoms with van der Waals surface area (Å²) in [5.41, 5.74) is -1.27. The Hall–Kier alpha value is -1.74. The van der Waals surface area contributed by atoms with Gasteiger partial charge in [-0.1, -0.05) is 12.7 Å². The molecule has 0 radical (unpaired) electrons. The number of aromatic nitrogens is 2. The third-order valence-electron chi connectivity index (χ3n) is 3.01. The minimum atomic E-state index is -1.39. The maximum absolute atomic E-state index is 11.7. The lowest BCUT2D eigenvalue weighted by molar-refractivity contribution is -0.0550. The Morgan fingerprint density at radius 1 is 1.42 bits per heavy atom. The molecule has 0 spiro atoms. The molecule has 2 heterocycles. The third-order valence-corrected chi connectivity index (χ3v) is 3.01. The summed E-state index contributed by atoms with van der Waals surface area (Å²) in [6.07, 6.45) is -2.47. The highest BCUT2D eigenvalue weighted by molar-refractivity contribution is 5.43. The Labute approximate surface area is 107 Å². The van der Waals surface area contributed by atoms with Gasteiger partial charge < -0.3 is 20.1 Å². The van der Waals surface area contributed by atoms with Gasteiger partial charge in [-0.05, 0) is 0 Å². The minimum Gasteiger partial charge on any atom is -0.394 e. The first-order valence-corrected chi connectivity index (χ1v) is 5.60. The monoisotopic (exact) mass is 270 g/mol. The highest BCUT2D eigenvalue weighted by atomic mass is 16.6. The number of rotatable bonds is 3. The van der Waals surface area contributed by atoms with Crippen LogP contribution in [0.25, 0.3) is 6.08 Å². The van der Waals surface area contributed by atoms with Crippen LogP contribution < -0.4 is 11.2 Å². The van der Waals surface area contributed by atoms with Gasteiger partial charge in [0.25, 0.3) is 5.56 Å². The average molecular weight is 270 g/mol. The van der Waals surface area contributed by atoms with Crippen molar-refractivity contribution in [3.8, 4) is 0 Å². The smallest absolute Gasteiger partial charge is 0.330 e. The molecule has 1 aromatic rings. The summed E-state index contributed by atoms with van der Waals surface area (Å²) in [7, 11) is 0. The van der Waals surface area contributed by atoms with E-state index >= 15 is 0 Å². The first-order valence-electron chi connectivity index (χ1n) is 5.60. The summed E-state index contributed by atoms with van der Waals surface area (Å²) >= 11 is 0. The lowest BCUT2D eigenvalue weighted by atomic mass is 10.1. The first-order chi connectivity index (χ1) is 8.99. The fourth-order valence-corrected chi connectivity index (χ4v) is 1.95. The predicted molar refractivity (Wildman–Crippen MR) is 64.4 cm³/mol. The van der Waals surface area contributed by atoms with E-state index in [4.69, 9.17) is 9.84 Å². The number of nitrogens with one attached hydrogen (secondary N) is 1. The van der Waals surface area contributed by atoms with Crippen LogP contribution in [-0.2, 0) is 4.74 Å². The van der Waals surface area contributed by atoms with Crippen LogP contribution in [0.15, 0.2) is 22.4 Å². The van der Waals surface area contributed by atoms with E-state index < -0.39 is 42.4 Å². The van der Waals surface area contributed by atoms with Crippen LogP contribution in [0.3, 0.4) is 0 Å². The molecule has 1 aromatic heterocycles. The van der Waals surface area contributed by atoms with Crippen molar-refractivity contribution in [2.24, 2.45) is 0 Å². The van der Waals surface area contributed by atoms with Crippen LogP contribution in [0, 0.1) is 0 Å². The summed E-state index contributed by atoms with van der Waals surface area (Å²) < 4.78 is 6.14. The number of ether oxygens (including phenoxy) is 1. The van der Waals surface area contributed by atoms with Gasteiger partial charge >= 0.3 is 5.69 Å². The standard InChI is InChI=1S/C11H14N2O6/c1-2-5-3-13(11(18)12-9(5)17)10-8(16)7(15)6(4-14)19-10/h2-3,6-8,10,14-16H,1,4H2,(H,12,17,18)/t6-,7-,8+,10-/m0/s1. The number of hydrogen-bond acceptors (Lipinski definition) is 6. The number of aliphatic hydroxyl groups excluding tert-OH is 3. The number of aromatic amines is 1. The number of aliphatic hydroxyl groups is 3. The van der Waals surface area contributed by atoms with E-state index in [0.717, 1.165) is 4.57 Å². The fraction of sp³-hybridized carbons (Fsp3) is 0.455. The Balaban J connectivity index is 2.46. The Bertz CT molecular complexity index is 592. The second-order valence-electron chi connectivity index (χ2n) is 4.18. The van der Waals surface area contributed by atoms with E-state index in [0.29, 0.717) is 0 Å². The second-order valence-corrected chi connectivity index (χ2v) is 4.18. The Morgan fingerprint density at radius 2 is 2.11 bits per heavy atom. The van der Waals surface area contributed by atoms with Crippen LogP contribution >= 0.6 is 0 Å². The van der Waals surface area contributed by atoms with Crippen molar-refractivity contribution >= 4 is 6.08 Å². The molecule has 4 N–H and O–H groups in total. The lowest BCUT2D eigenvalue weighted by Crippen LogP contribution is -2.38. The highest BCUT2D eigenvalue weighted by Crippen LogP contribution is 2.27. The van der Waals surface area contributed by atoms with E-state index in [1.54, 1.807) is 0 Å². The molecular weight excluding hydrogens is 256 g/mol. The molecule has 4 atom stereocenters. The molecule has 2 rings (SSSR count). The summed E-state index contributed by atoms with van der Waals surface area (Å²) in [6.45, 7) is 2.93. The fourth-order valence-electron chi connectivity index (χ4n) is 1.95. The molecule has 1 fully saturated rings. The topological polar surface area (TPSA) is 125 Å². The highest BCUT2D eigenvalue weighted by Gasteiger charge is 2.43. The molecule has 0 unspecified atom stereocenters. The van der Waals surface area contributed by atoms with Gasteiger partial charge in [0.15, 0.2) is 6.23 Å². The number of nitrogens with zero attached hydrogens (tertiary/aromatic N) is 1. The molecule has 1 aliphatic heterocycles. The second kappa shape index (κ2) is 5.10. The van der Waals surface area contributed by atoms with Crippen LogP contribution in [0.5, 0.6) is 0 Å². The molecule has 1 aliphatic rings. The molecule has 0 amide bonds. The minimum absolute atomic E-state index is 0.123. The zero-order valence-corrected chi connectivity index (χ0v) is 9.89. The van der Waals surface area contributed by atoms with Gasteiger partial charge in [-0.25, -0.2) is 4.79 Å². The Kier molecular flexibility index (Phi) is 3.67. The maximum Gasteiger partial charge on any atom is 0.330 e. The molecule has 19 heavy (non-hydrogen) atoms. The summed E-state index contributed by atoms with van der Waals surface area (Å²) in [5, 5.41) is 28.4. The molecular formula is C11H14N2O6. The largest absolute Gasteiger partial charge is 0.394 e. The van der Waals surface area contributed by atoms with Crippen LogP contribution in [-0.4, -0.2) is 49.8 Å². The maximum atomic E-state index is 11.7. The molecule has 0 aromatic carbocycles. The lowest BCUT2D eigenvalue weighted by Gasteiger charge is -2.17. The average Bonchev–Trinajstić information content (AvgIpc) is 2.67. The van der Waals surface area contributed by atoms with E-state index in [9.17, 15) is 19.8 Å². The van der Waals surface area contributed by atoms with Crippen LogP contribution in [0.2, 0.25) is 0 Å². The van der Waals surface area contributed by atoms with Gasteiger partial charge in [0.1, 0.15) is 18.3 Å². The summed E-state index contributed by atoms with van der Waals surface area (Å²) in [4.78, 5) is 25.1. The molecule has 0 aliphatic carbocycles. The molecule has 8 nitrogen and oxygen atoms in total. The SMILES string of the molecule is C=Cc1cn([C@H]2O[C@@H](CO)[C@H](O)[C@H]2O)c(=O)[nH]c1=O. The van der Waals surface area contributed by atoms with E-state index in [2.05, 4.69) is 6.58 Å². The Morgan fingerprint density at radius 3 is 2.63 bits per heavy atom. The normalized spacial score (nSPS) is 30.5. The van der Waals surface area contributed by atoms with Gasteiger partial charge in [0.05, 0.1) is 12.2 Å². The van der Waals surface area contributed by atoms with Crippen molar-refractivity contribution in [3.63, 3.8) is 0 Å². The zero-order valence-electron chi connectivity index (χ0n) is 9.89. The summed E-state index contributed by atoms with van der Waals surface area (Å²) in [5.74, 6) is 0. The van der Waals surface area contributed by atoms with Crippen molar-refractivity contribution in [1.29, 1.82) is 0 Å².